The SMILES string of the molecule is CCCC1=CCC(NC(=O)OC(C)(C)C)CC1. The molecule has 0 saturated carbocycles. The zero-order valence-electron chi connectivity index (χ0n) is 11.5. The van der Waals surface area contributed by atoms with Crippen LogP contribution in [0.1, 0.15) is 59.8 Å². The second kappa shape index (κ2) is 6.08. The van der Waals surface area contributed by atoms with E-state index in [0.717, 1.165) is 19.3 Å². The average molecular weight is 239 g/mol. The number of hydrogen-bond acceptors (Lipinski definition) is 2. The standard InChI is InChI=1S/C14H25NO2/c1-5-6-11-7-9-12(10-8-11)15-13(16)17-14(2,3)4/h7,12H,5-6,8-10H2,1-4H3,(H,15,16). The highest BCUT2D eigenvalue weighted by molar-refractivity contribution is 5.68. The van der Waals surface area contributed by atoms with E-state index >= 15 is 0 Å². The van der Waals surface area contributed by atoms with Crippen molar-refractivity contribution in [3.05, 3.63) is 11.6 Å². The lowest BCUT2D eigenvalue weighted by atomic mass is 9.93. The molecule has 0 spiro atoms. The Morgan fingerprint density at radius 1 is 1.53 bits per heavy atom. The van der Waals surface area contributed by atoms with Crippen molar-refractivity contribution in [2.45, 2.75) is 71.4 Å². The average Bonchev–Trinajstić information content (AvgIpc) is 2.18. The topological polar surface area (TPSA) is 38.3 Å². The van der Waals surface area contributed by atoms with Crippen LogP contribution in [0, 0.1) is 0 Å². The third-order valence-corrected chi connectivity index (χ3v) is 2.80. The van der Waals surface area contributed by atoms with E-state index in [2.05, 4.69) is 18.3 Å². The van der Waals surface area contributed by atoms with Crippen molar-refractivity contribution < 1.29 is 9.53 Å². The molecule has 1 amide bonds. The molecule has 0 saturated heterocycles. The van der Waals surface area contributed by atoms with Gasteiger partial charge in [-0.15, -0.1) is 0 Å². The molecule has 0 fully saturated rings. The molecule has 98 valence electrons. The van der Waals surface area contributed by atoms with Crippen LogP contribution in [0.3, 0.4) is 0 Å². The van der Waals surface area contributed by atoms with Gasteiger partial charge in [-0.25, -0.2) is 4.79 Å². The summed E-state index contributed by atoms with van der Waals surface area (Å²) in [4.78, 5) is 11.6. The molecule has 1 N–H and O–H groups in total. The molecular formula is C14H25NO2. The maximum absolute atomic E-state index is 11.6. The Labute approximate surface area is 105 Å². The number of rotatable bonds is 3. The van der Waals surface area contributed by atoms with Gasteiger partial charge in [0, 0.05) is 6.04 Å². The van der Waals surface area contributed by atoms with Crippen molar-refractivity contribution in [3.63, 3.8) is 0 Å². The van der Waals surface area contributed by atoms with E-state index in [4.69, 9.17) is 4.74 Å². The first kappa shape index (κ1) is 14.1. The van der Waals surface area contributed by atoms with E-state index in [1.807, 2.05) is 20.8 Å². The van der Waals surface area contributed by atoms with Gasteiger partial charge in [0.1, 0.15) is 5.60 Å². The van der Waals surface area contributed by atoms with Gasteiger partial charge in [0.05, 0.1) is 0 Å². The van der Waals surface area contributed by atoms with Crippen LogP contribution in [-0.2, 0) is 4.74 Å². The number of ether oxygens (including phenoxy) is 1. The molecule has 0 radical (unpaired) electrons. The summed E-state index contributed by atoms with van der Waals surface area (Å²) >= 11 is 0. The summed E-state index contributed by atoms with van der Waals surface area (Å²) in [6, 6.07) is 0.241. The molecular weight excluding hydrogens is 214 g/mol. The van der Waals surface area contributed by atoms with Crippen LogP contribution in [0.15, 0.2) is 11.6 Å². The minimum atomic E-state index is -0.415. The predicted molar refractivity (Wildman–Crippen MR) is 70.0 cm³/mol. The largest absolute Gasteiger partial charge is 0.444 e. The van der Waals surface area contributed by atoms with Crippen molar-refractivity contribution in [2.75, 3.05) is 0 Å². The Morgan fingerprint density at radius 2 is 2.24 bits per heavy atom. The monoisotopic (exact) mass is 239 g/mol. The maximum atomic E-state index is 11.6. The lowest BCUT2D eigenvalue weighted by molar-refractivity contribution is 0.0501. The fourth-order valence-corrected chi connectivity index (χ4v) is 2.04. The molecule has 1 rings (SSSR count). The number of amides is 1. The van der Waals surface area contributed by atoms with Gasteiger partial charge in [-0.05, 0) is 46.5 Å². The highest BCUT2D eigenvalue weighted by atomic mass is 16.6. The van der Waals surface area contributed by atoms with Gasteiger partial charge < -0.3 is 10.1 Å². The molecule has 0 aromatic rings. The van der Waals surface area contributed by atoms with Gasteiger partial charge >= 0.3 is 6.09 Å². The molecule has 0 aromatic heterocycles. The molecule has 1 unspecified atom stereocenters. The number of hydrogen-bond donors (Lipinski definition) is 1. The van der Waals surface area contributed by atoms with E-state index in [0.29, 0.717) is 0 Å². The predicted octanol–water partition coefficient (Wildman–Crippen LogP) is 3.79. The normalized spacial score (nSPS) is 20.7. The fraction of sp³-hybridized carbons (Fsp3) is 0.786. The second-order valence-electron chi connectivity index (χ2n) is 5.73. The minimum Gasteiger partial charge on any atom is -0.444 e. The molecule has 17 heavy (non-hydrogen) atoms. The van der Waals surface area contributed by atoms with Gasteiger partial charge in [-0.1, -0.05) is 25.0 Å². The Balaban J connectivity index is 2.33. The molecule has 0 aromatic carbocycles. The number of alkyl carbamates (subject to hydrolysis) is 1. The van der Waals surface area contributed by atoms with Gasteiger partial charge in [-0.2, -0.15) is 0 Å². The number of carbonyl (C=O) groups is 1. The first-order valence-electron chi connectivity index (χ1n) is 6.58. The summed E-state index contributed by atoms with van der Waals surface area (Å²) in [5.74, 6) is 0. The molecule has 3 nitrogen and oxygen atoms in total. The second-order valence-corrected chi connectivity index (χ2v) is 5.73. The van der Waals surface area contributed by atoms with Crippen LogP contribution in [0.5, 0.6) is 0 Å². The van der Waals surface area contributed by atoms with Crippen LogP contribution in [0.4, 0.5) is 4.79 Å². The van der Waals surface area contributed by atoms with Gasteiger partial charge in [0.25, 0.3) is 0 Å². The minimum absolute atomic E-state index is 0.241. The van der Waals surface area contributed by atoms with Crippen molar-refractivity contribution in [1.82, 2.24) is 5.32 Å². The smallest absolute Gasteiger partial charge is 0.407 e. The highest BCUT2D eigenvalue weighted by Gasteiger charge is 2.20. The van der Waals surface area contributed by atoms with Crippen LogP contribution >= 0.6 is 0 Å². The Morgan fingerprint density at radius 3 is 2.71 bits per heavy atom. The Bertz CT molecular complexity index is 289. The molecule has 3 heteroatoms. The molecule has 1 atom stereocenters. The van der Waals surface area contributed by atoms with Crippen molar-refractivity contribution in [3.8, 4) is 0 Å². The Hall–Kier alpha value is -0.990. The lowest BCUT2D eigenvalue weighted by Crippen LogP contribution is -2.39. The van der Waals surface area contributed by atoms with Crippen molar-refractivity contribution in [2.24, 2.45) is 0 Å². The maximum Gasteiger partial charge on any atom is 0.407 e. The number of allylic oxidation sites excluding steroid dienone is 1. The van der Waals surface area contributed by atoms with Crippen molar-refractivity contribution in [1.29, 1.82) is 0 Å². The van der Waals surface area contributed by atoms with Crippen molar-refractivity contribution >= 4 is 6.09 Å². The van der Waals surface area contributed by atoms with E-state index < -0.39 is 5.60 Å². The lowest BCUT2D eigenvalue weighted by Gasteiger charge is -2.25. The summed E-state index contributed by atoms with van der Waals surface area (Å²) in [6.45, 7) is 7.85. The first-order chi connectivity index (χ1) is 7.90. The molecule has 0 heterocycles. The van der Waals surface area contributed by atoms with Gasteiger partial charge in [0.15, 0.2) is 0 Å². The number of carbonyl (C=O) groups excluding carboxylic acids is 1. The van der Waals surface area contributed by atoms with Gasteiger partial charge in [0.2, 0.25) is 0 Å². The number of nitrogens with one attached hydrogen (secondary N) is 1. The summed E-state index contributed by atoms with van der Waals surface area (Å²) in [7, 11) is 0. The zero-order valence-corrected chi connectivity index (χ0v) is 11.5. The fourth-order valence-electron chi connectivity index (χ4n) is 2.04. The van der Waals surface area contributed by atoms with E-state index in [-0.39, 0.29) is 12.1 Å². The summed E-state index contributed by atoms with van der Waals surface area (Å²) in [5, 5.41) is 2.93. The third-order valence-electron chi connectivity index (χ3n) is 2.80. The quantitative estimate of drug-likeness (QED) is 0.761. The summed E-state index contributed by atoms with van der Waals surface area (Å²) in [5.41, 5.74) is 1.12. The first-order valence-corrected chi connectivity index (χ1v) is 6.58. The Kier molecular flexibility index (Phi) is 5.03. The molecule has 1 aliphatic rings. The van der Waals surface area contributed by atoms with Crippen LogP contribution in [0.25, 0.3) is 0 Å². The molecule has 0 bridgehead atoms. The van der Waals surface area contributed by atoms with E-state index in [9.17, 15) is 4.79 Å². The highest BCUT2D eigenvalue weighted by Crippen LogP contribution is 2.22. The molecule has 0 aliphatic heterocycles. The van der Waals surface area contributed by atoms with Crippen LogP contribution in [-0.4, -0.2) is 17.7 Å². The summed E-state index contributed by atoms with van der Waals surface area (Å²) in [6.07, 6.45) is 7.45. The van der Waals surface area contributed by atoms with Crippen LogP contribution < -0.4 is 5.32 Å². The van der Waals surface area contributed by atoms with Crippen LogP contribution in [0.2, 0.25) is 0 Å². The zero-order chi connectivity index (χ0) is 12.9. The van der Waals surface area contributed by atoms with E-state index in [1.165, 1.54) is 18.4 Å². The van der Waals surface area contributed by atoms with Gasteiger partial charge in [-0.3, -0.25) is 0 Å². The summed E-state index contributed by atoms with van der Waals surface area (Å²) < 4.78 is 5.24. The third kappa shape index (κ3) is 5.76. The molecule has 1 aliphatic carbocycles. The van der Waals surface area contributed by atoms with E-state index in [1.54, 1.807) is 0 Å².